The number of rotatable bonds is 2. The Labute approximate surface area is 111 Å². The molecule has 2 heterocycles. The SMILES string of the molecule is CN1CCCC1c1nc(-c2ccccc2)c(N)s1. The lowest BCUT2D eigenvalue weighted by Gasteiger charge is -2.16. The molecule has 1 aliphatic rings. The highest BCUT2D eigenvalue weighted by atomic mass is 32.1. The monoisotopic (exact) mass is 259 g/mol. The van der Waals surface area contributed by atoms with Crippen LogP contribution in [0.3, 0.4) is 0 Å². The Hall–Kier alpha value is -1.39. The predicted molar refractivity (Wildman–Crippen MR) is 76.6 cm³/mol. The Balaban J connectivity index is 1.96. The van der Waals surface area contributed by atoms with E-state index in [1.807, 2.05) is 18.2 Å². The van der Waals surface area contributed by atoms with Crippen LogP contribution >= 0.6 is 11.3 Å². The average Bonchev–Trinajstić information content (AvgIpc) is 2.96. The third-order valence-corrected chi connectivity index (χ3v) is 4.51. The molecule has 2 aromatic rings. The normalized spacial score (nSPS) is 20.4. The van der Waals surface area contributed by atoms with Gasteiger partial charge >= 0.3 is 0 Å². The molecule has 1 aromatic heterocycles. The van der Waals surface area contributed by atoms with Crippen molar-refractivity contribution in [3.8, 4) is 11.3 Å². The maximum absolute atomic E-state index is 6.12. The van der Waals surface area contributed by atoms with Gasteiger partial charge in [0.05, 0.1) is 6.04 Å². The number of hydrogen-bond acceptors (Lipinski definition) is 4. The third-order valence-electron chi connectivity index (χ3n) is 3.52. The molecule has 18 heavy (non-hydrogen) atoms. The maximum atomic E-state index is 6.12. The molecule has 3 rings (SSSR count). The average molecular weight is 259 g/mol. The lowest BCUT2D eigenvalue weighted by atomic mass is 10.1. The Morgan fingerprint density at radius 1 is 1.33 bits per heavy atom. The number of nitrogens with zero attached hydrogens (tertiary/aromatic N) is 2. The standard InChI is InChI=1S/C14H17N3S/c1-17-9-5-8-11(17)14-16-12(13(15)18-14)10-6-3-2-4-7-10/h2-4,6-7,11H,5,8-9,15H2,1H3. The van der Waals surface area contributed by atoms with Gasteiger partial charge in [-0.1, -0.05) is 41.7 Å². The fourth-order valence-electron chi connectivity index (χ4n) is 2.52. The van der Waals surface area contributed by atoms with Crippen molar-refractivity contribution >= 4 is 16.3 Å². The number of likely N-dealkylation sites (tertiary alicyclic amines) is 1. The lowest BCUT2D eigenvalue weighted by molar-refractivity contribution is 0.317. The molecule has 0 saturated carbocycles. The van der Waals surface area contributed by atoms with E-state index in [1.54, 1.807) is 11.3 Å². The molecule has 0 radical (unpaired) electrons. The molecule has 1 unspecified atom stereocenters. The quantitative estimate of drug-likeness (QED) is 0.900. The molecule has 1 saturated heterocycles. The van der Waals surface area contributed by atoms with E-state index in [9.17, 15) is 0 Å². The zero-order chi connectivity index (χ0) is 12.5. The van der Waals surface area contributed by atoms with Gasteiger partial charge in [0.25, 0.3) is 0 Å². The van der Waals surface area contributed by atoms with Gasteiger partial charge in [0.1, 0.15) is 15.7 Å². The second-order valence-electron chi connectivity index (χ2n) is 4.77. The topological polar surface area (TPSA) is 42.2 Å². The molecule has 0 amide bonds. The van der Waals surface area contributed by atoms with Gasteiger partial charge in [0, 0.05) is 5.56 Å². The zero-order valence-electron chi connectivity index (χ0n) is 10.5. The van der Waals surface area contributed by atoms with Crippen LogP contribution in [0.25, 0.3) is 11.3 Å². The summed E-state index contributed by atoms with van der Waals surface area (Å²) >= 11 is 1.64. The molecule has 0 spiro atoms. The molecule has 1 atom stereocenters. The first-order chi connectivity index (χ1) is 8.75. The van der Waals surface area contributed by atoms with E-state index < -0.39 is 0 Å². The zero-order valence-corrected chi connectivity index (χ0v) is 11.3. The summed E-state index contributed by atoms with van der Waals surface area (Å²) in [4.78, 5) is 7.13. The van der Waals surface area contributed by atoms with E-state index in [4.69, 9.17) is 10.7 Å². The van der Waals surface area contributed by atoms with Gasteiger partial charge in [0.15, 0.2) is 0 Å². The summed E-state index contributed by atoms with van der Waals surface area (Å²) in [5.74, 6) is 0. The minimum atomic E-state index is 0.453. The Bertz CT molecular complexity index is 535. The van der Waals surface area contributed by atoms with E-state index in [-0.39, 0.29) is 0 Å². The van der Waals surface area contributed by atoms with Crippen molar-refractivity contribution in [3.05, 3.63) is 35.3 Å². The largest absolute Gasteiger partial charge is 0.389 e. The molecular weight excluding hydrogens is 242 g/mol. The number of aromatic nitrogens is 1. The van der Waals surface area contributed by atoms with Crippen molar-refractivity contribution in [1.29, 1.82) is 0 Å². The van der Waals surface area contributed by atoms with Gasteiger partial charge < -0.3 is 5.73 Å². The summed E-state index contributed by atoms with van der Waals surface area (Å²) in [5, 5.41) is 1.99. The molecule has 4 heteroatoms. The minimum absolute atomic E-state index is 0.453. The van der Waals surface area contributed by atoms with E-state index in [1.165, 1.54) is 12.8 Å². The number of anilines is 1. The van der Waals surface area contributed by atoms with Crippen molar-refractivity contribution in [2.24, 2.45) is 0 Å². The second kappa shape index (κ2) is 4.71. The van der Waals surface area contributed by atoms with Gasteiger partial charge in [-0.3, -0.25) is 4.90 Å². The van der Waals surface area contributed by atoms with Crippen molar-refractivity contribution in [2.75, 3.05) is 19.3 Å². The van der Waals surface area contributed by atoms with E-state index in [0.717, 1.165) is 27.8 Å². The molecule has 0 aliphatic carbocycles. The van der Waals surface area contributed by atoms with Crippen LogP contribution < -0.4 is 5.73 Å². The van der Waals surface area contributed by atoms with Gasteiger partial charge in [-0.2, -0.15) is 0 Å². The summed E-state index contributed by atoms with van der Waals surface area (Å²) < 4.78 is 0. The van der Waals surface area contributed by atoms with Crippen molar-refractivity contribution < 1.29 is 0 Å². The molecule has 1 fully saturated rings. The van der Waals surface area contributed by atoms with Crippen LogP contribution in [0.2, 0.25) is 0 Å². The maximum Gasteiger partial charge on any atom is 0.114 e. The Morgan fingerprint density at radius 2 is 2.11 bits per heavy atom. The third kappa shape index (κ3) is 2.02. The van der Waals surface area contributed by atoms with Gasteiger partial charge in [0.2, 0.25) is 0 Å². The smallest absolute Gasteiger partial charge is 0.114 e. The number of thiazole rings is 1. The fraction of sp³-hybridized carbons (Fsp3) is 0.357. The van der Waals surface area contributed by atoms with Crippen molar-refractivity contribution in [1.82, 2.24) is 9.88 Å². The molecule has 94 valence electrons. The van der Waals surface area contributed by atoms with Crippen LogP contribution in [0.15, 0.2) is 30.3 Å². The Kier molecular flexibility index (Phi) is 3.06. The summed E-state index contributed by atoms with van der Waals surface area (Å²) in [6, 6.07) is 10.6. The summed E-state index contributed by atoms with van der Waals surface area (Å²) in [6.07, 6.45) is 2.44. The number of nitrogens with two attached hydrogens (primary N) is 1. The Morgan fingerprint density at radius 3 is 2.78 bits per heavy atom. The second-order valence-corrected chi connectivity index (χ2v) is 5.83. The van der Waals surface area contributed by atoms with E-state index >= 15 is 0 Å². The molecule has 0 bridgehead atoms. The fourth-order valence-corrected chi connectivity index (χ4v) is 3.57. The summed E-state index contributed by atoms with van der Waals surface area (Å²) in [5.41, 5.74) is 8.17. The highest BCUT2D eigenvalue weighted by Crippen LogP contribution is 2.38. The van der Waals surface area contributed by atoms with Crippen molar-refractivity contribution in [3.63, 3.8) is 0 Å². The van der Waals surface area contributed by atoms with Crippen LogP contribution in [0, 0.1) is 0 Å². The molecule has 1 aromatic carbocycles. The first-order valence-corrected chi connectivity index (χ1v) is 7.09. The number of nitrogen functional groups attached to an aromatic ring is 1. The number of hydrogen-bond donors (Lipinski definition) is 1. The van der Waals surface area contributed by atoms with Gasteiger partial charge in [-0.05, 0) is 26.4 Å². The minimum Gasteiger partial charge on any atom is -0.389 e. The van der Waals surface area contributed by atoms with E-state index in [0.29, 0.717) is 6.04 Å². The van der Waals surface area contributed by atoms with Crippen LogP contribution in [-0.2, 0) is 0 Å². The van der Waals surface area contributed by atoms with E-state index in [2.05, 4.69) is 24.1 Å². The lowest BCUT2D eigenvalue weighted by Crippen LogP contribution is -2.17. The summed E-state index contributed by atoms with van der Waals surface area (Å²) in [7, 11) is 2.16. The summed E-state index contributed by atoms with van der Waals surface area (Å²) in [6.45, 7) is 1.16. The highest BCUT2D eigenvalue weighted by Gasteiger charge is 2.26. The first kappa shape index (κ1) is 11.7. The van der Waals surface area contributed by atoms with Crippen molar-refractivity contribution in [2.45, 2.75) is 18.9 Å². The molecule has 3 nitrogen and oxygen atoms in total. The van der Waals surface area contributed by atoms with Gasteiger partial charge in [-0.25, -0.2) is 4.98 Å². The molecule has 2 N–H and O–H groups in total. The number of benzene rings is 1. The van der Waals surface area contributed by atoms with Crippen LogP contribution in [-0.4, -0.2) is 23.5 Å². The predicted octanol–water partition coefficient (Wildman–Crippen LogP) is 3.16. The van der Waals surface area contributed by atoms with Crippen LogP contribution in [0.1, 0.15) is 23.9 Å². The molecular formula is C14H17N3S. The van der Waals surface area contributed by atoms with Crippen LogP contribution in [0.4, 0.5) is 5.00 Å². The first-order valence-electron chi connectivity index (χ1n) is 6.27. The van der Waals surface area contributed by atoms with Gasteiger partial charge in [-0.15, -0.1) is 0 Å². The highest BCUT2D eigenvalue weighted by molar-refractivity contribution is 7.16. The molecule has 1 aliphatic heterocycles. The van der Waals surface area contributed by atoms with Crippen LogP contribution in [0.5, 0.6) is 0 Å².